The number of carbonyl (C=O) groups excluding carboxylic acids is 1. The lowest BCUT2D eigenvalue weighted by Crippen LogP contribution is -2.32. The molecule has 6 heteroatoms. The van der Waals surface area contributed by atoms with E-state index in [9.17, 15) is 9.18 Å². The van der Waals surface area contributed by atoms with E-state index in [0.717, 1.165) is 41.0 Å². The van der Waals surface area contributed by atoms with Crippen molar-refractivity contribution in [2.75, 3.05) is 14.2 Å². The first kappa shape index (κ1) is 16.6. The lowest BCUT2D eigenvalue weighted by molar-refractivity contribution is 0.106. The van der Waals surface area contributed by atoms with Gasteiger partial charge in [-0.25, -0.2) is 9.18 Å². The lowest BCUT2D eigenvalue weighted by atomic mass is 9.77. The molecule has 2 aromatic rings. The number of ether oxygens (including phenoxy) is 2. The number of methoxy groups -OCH3 is 2. The molecule has 0 aromatic heterocycles. The Labute approximate surface area is 151 Å². The fraction of sp³-hybridized carbons (Fsp3) is 0.300. The average molecular weight is 354 g/mol. The lowest BCUT2D eigenvalue weighted by Gasteiger charge is -2.29. The van der Waals surface area contributed by atoms with Crippen LogP contribution in [0.2, 0.25) is 0 Å². The van der Waals surface area contributed by atoms with E-state index in [0.29, 0.717) is 0 Å². The minimum absolute atomic E-state index is 0.0421. The molecule has 134 valence electrons. The molecular formula is C20H19FN2O3. The van der Waals surface area contributed by atoms with Crippen LogP contribution in [-0.2, 0) is 11.2 Å². The van der Waals surface area contributed by atoms with Crippen LogP contribution in [0.1, 0.15) is 29.2 Å². The van der Waals surface area contributed by atoms with Crippen LogP contribution >= 0.6 is 0 Å². The smallest absolute Gasteiger partial charge is 0.430 e. The molecule has 1 aliphatic heterocycles. The van der Waals surface area contributed by atoms with Gasteiger partial charge in [0, 0.05) is 11.5 Å². The van der Waals surface area contributed by atoms with E-state index in [1.807, 2.05) is 18.2 Å². The van der Waals surface area contributed by atoms with E-state index >= 15 is 0 Å². The molecule has 2 aromatic carbocycles. The number of hydrazone groups is 1. The summed E-state index contributed by atoms with van der Waals surface area (Å²) in [5, 5.41) is 5.98. The Kier molecular flexibility index (Phi) is 4.11. The standard InChI is InChI=1S/C20H19FN2O3/c1-25-15-8-10-16-13(11-15)5-9-17-18(16)22-23(20(24)26-2)19(17)12-3-6-14(21)7-4-12/h3-4,6-8,10-11,17,19H,5,9H2,1-2H3/t17-,19+/m1/s1. The van der Waals surface area contributed by atoms with Gasteiger partial charge < -0.3 is 9.47 Å². The third-order valence-electron chi connectivity index (χ3n) is 5.10. The molecule has 0 bridgehead atoms. The molecule has 4 rings (SSSR count). The van der Waals surface area contributed by atoms with E-state index in [-0.39, 0.29) is 17.8 Å². The highest BCUT2D eigenvalue weighted by Gasteiger charge is 2.44. The molecule has 1 amide bonds. The molecule has 0 saturated heterocycles. The van der Waals surface area contributed by atoms with E-state index < -0.39 is 6.09 Å². The Morgan fingerprint density at radius 3 is 2.65 bits per heavy atom. The average Bonchev–Trinajstić information content (AvgIpc) is 3.07. The van der Waals surface area contributed by atoms with Gasteiger partial charge in [0.05, 0.1) is 26.0 Å². The van der Waals surface area contributed by atoms with Crippen LogP contribution in [0.25, 0.3) is 0 Å². The topological polar surface area (TPSA) is 51.1 Å². The first-order chi connectivity index (χ1) is 12.6. The van der Waals surface area contributed by atoms with Crippen molar-refractivity contribution in [2.45, 2.75) is 18.9 Å². The number of hydrogen-bond donors (Lipinski definition) is 0. The van der Waals surface area contributed by atoms with Crippen LogP contribution in [0.15, 0.2) is 47.6 Å². The van der Waals surface area contributed by atoms with Gasteiger partial charge in [0.15, 0.2) is 0 Å². The van der Waals surface area contributed by atoms with Gasteiger partial charge in [-0.1, -0.05) is 12.1 Å². The number of amides is 1. The summed E-state index contributed by atoms with van der Waals surface area (Å²) in [6.07, 6.45) is 1.19. The molecule has 0 fully saturated rings. The minimum Gasteiger partial charge on any atom is -0.497 e. The van der Waals surface area contributed by atoms with Crippen molar-refractivity contribution >= 4 is 11.8 Å². The second-order valence-corrected chi connectivity index (χ2v) is 6.46. The van der Waals surface area contributed by atoms with Gasteiger partial charge in [0.25, 0.3) is 0 Å². The maximum absolute atomic E-state index is 13.4. The summed E-state index contributed by atoms with van der Waals surface area (Å²) >= 11 is 0. The number of fused-ring (bicyclic) bond motifs is 3. The minimum atomic E-state index is -0.517. The first-order valence-electron chi connectivity index (χ1n) is 8.51. The molecule has 0 radical (unpaired) electrons. The zero-order valence-electron chi connectivity index (χ0n) is 14.6. The van der Waals surface area contributed by atoms with Crippen molar-refractivity contribution in [1.82, 2.24) is 5.01 Å². The number of aryl methyl sites for hydroxylation is 1. The van der Waals surface area contributed by atoms with Gasteiger partial charge in [0.2, 0.25) is 0 Å². The maximum Gasteiger partial charge on any atom is 0.430 e. The zero-order valence-corrected chi connectivity index (χ0v) is 14.6. The SMILES string of the molecule is COC(=O)N1N=C2c3ccc(OC)cc3CC[C@H]2[C@@H]1c1ccc(F)cc1. The van der Waals surface area contributed by atoms with Crippen molar-refractivity contribution in [3.63, 3.8) is 0 Å². The summed E-state index contributed by atoms with van der Waals surface area (Å²) in [5.41, 5.74) is 3.90. The maximum atomic E-state index is 13.4. The van der Waals surface area contributed by atoms with Crippen molar-refractivity contribution in [2.24, 2.45) is 11.0 Å². The van der Waals surface area contributed by atoms with Crippen LogP contribution in [0.4, 0.5) is 9.18 Å². The Morgan fingerprint density at radius 1 is 1.19 bits per heavy atom. The van der Waals surface area contributed by atoms with E-state index in [2.05, 4.69) is 5.10 Å². The van der Waals surface area contributed by atoms with Gasteiger partial charge in [-0.3, -0.25) is 0 Å². The molecule has 2 aliphatic rings. The van der Waals surface area contributed by atoms with Gasteiger partial charge >= 0.3 is 6.09 Å². The number of nitrogens with zero attached hydrogens (tertiary/aromatic N) is 2. The van der Waals surface area contributed by atoms with Crippen LogP contribution in [0, 0.1) is 11.7 Å². The number of halogens is 1. The van der Waals surface area contributed by atoms with Crippen LogP contribution in [-0.4, -0.2) is 31.0 Å². The highest BCUT2D eigenvalue weighted by atomic mass is 19.1. The van der Waals surface area contributed by atoms with Gasteiger partial charge in [-0.05, 0) is 54.3 Å². The normalized spacial score (nSPS) is 20.9. The van der Waals surface area contributed by atoms with Gasteiger partial charge in [-0.2, -0.15) is 10.1 Å². The predicted molar refractivity (Wildman–Crippen MR) is 94.7 cm³/mol. The van der Waals surface area contributed by atoms with Crippen LogP contribution in [0.5, 0.6) is 5.75 Å². The summed E-state index contributed by atoms with van der Waals surface area (Å²) in [4.78, 5) is 12.3. The number of carbonyl (C=O) groups is 1. The molecule has 2 atom stereocenters. The Bertz CT molecular complexity index is 879. The molecule has 0 saturated carbocycles. The molecule has 0 unspecified atom stereocenters. The Hall–Kier alpha value is -2.89. The predicted octanol–water partition coefficient (Wildman–Crippen LogP) is 3.92. The number of rotatable bonds is 2. The number of benzene rings is 2. The second kappa shape index (κ2) is 6.44. The molecule has 0 spiro atoms. The fourth-order valence-corrected chi connectivity index (χ4v) is 3.87. The molecule has 5 nitrogen and oxygen atoms in total. The summed E-state index contributed by atoms with van der Waals surface area (Å²) in [6.45, 7) is 0. The monoisotopic (exact) mass is 354 g/mol. The molecule has 26 heavy (non-hydrogen) atoms. The summed E-state index contributed by atoms with van der Waals surface area (Å²) in [6, 6.07) is 11.8. The van der Waals surface area contributed by atoms with Crippen LogP contribution in [0.3, 0.4) is 0 Å². The third kappa shape index (κ3) is 2.62. The highest BCUT2D eigenvalue weighted by Crippen LogP contribution is 2.44. The second-order valence-electron chi connectivity index (χ2n) is 6.46. The largest absolute Gasteiger partial charge is 0.497 e. The Balaban J connectivity index is 1.78. The third-order valence-corrected chi connectivity index (χ3v) is 5.10. The molecule has 1 aliphatic carbocycles. The first-order valence-corrected chi connectivity index (χ1v) is 8.51. The van der Waals surface area contributed by atoms with Crippen molar-refractivity contribution in [1.29, 1.82) is 0 Å². The number of hydrogen-bond acceptors (Lipinski definition) is 4. The van der Waals surface area contributed by atoms with Gasteiger partial charge in [0.1, 0.15) is 11.6 Å². The van der Waals surface area contributed by atoms with Crippen molar-refractivity contribution < 1.29 is 18.7 Å². The van der Waals surface area contributed by atoms with Crippen molar-refractivity contribution in [3.05, 3.63) is 65.0 Å². The molecule has 1 heterocycles. The quantitative estimate of drug-likeness (QED) is 0.821. The highest BCUT2D eigenvalue weighted by molar-refractivity contribution is 6.06. The van der Waals surface area contributed by atoms with Crippen molar-refractivity contribution in [3.8, 4) is 5.75 Å². The van der Waals surface area contributed by atoms with Gasteiger partial charge in [-0.15, -0.1) is 0 Å². The van der Waals surface area contributed by atoms with E-state index in [4.69, 9.17) is 9.47 Å². The summed E-state index contributed by atoms with van der Waals surface area (Å²) in [5.74, 6) is 0.541. The van der Waals surface area contributed by atoms with E-state index in [1.165, 1.54) is 24.3 Å². The van der Waals surface area contributed by atoms with Crippen LogP contribution < -0.4 is 4.74 Å². The molecular weight excluding hydrogens is 335 g/mol. The van der Waals surface area contributed by atoms with E-state index in [1.54, 1.807) is 19.2 Å². The molecule has 0 N–H and O–H groups in total. The fourth-order valence-electron chi connectivity index (χ4n) is 3.87. The zero-order chi connectivity index (χ0) is 18.3. The summed E-state index contributed by atoms with van der Waals surface area (Å²) < 4.78 is 23.6. The Morgan fingerprint density at radius 2 is 1.96 bits per heavy atom. The summed E-state index contributed by atoms with van der Waals surface area (Å²) in [7, 11) is 2.98.